The highest BCUT2D eigenvalue weighted by Crippen LogP contribution is 2.08. The fraction of sp³-hybridized carbons (Fsp3) is 0.250. The van der Waals surface area contributed by atoms with E-state index in [1.165, 1.54) is 7.11 Å². The van der Waals surface area contributed by atoms with Gasteiger partial charge < -0.3 is 4.74 Å². The van der Waals surface area contributed by atoms with E-state index in [9.17, 15) is 4.79 Å². The minimum atomic E-state index is -0.228. The molecule has 0 bridgehead atoms. The summed E-state index contributed by atoms with van der Waals surface area (Å²) in [5, 5.41) is 0. The van der Waals surface area contributed by atoms with Crippen molar-refractivity contribution in [3.63, 3.8) is 0 Å². The van der Waals surface area contributed by atoms with Gasteiger partial charge in [0.05, 0.1) is 13.5 Å². The molecule has 1 aromatic carbocycles. The number of ether oxygens (including phenoxy) is 1. The van der Waals surface area contributed by atoms with Gasteiger partial charge in [-0.3, -0.25) is 4.79 Å². The van der Waals surface area contributed by atoms with Gasteiger partial charge in [-0.2, -0.15) is 0 Å². The summed E-state index contributed by atoms with van der Waals surface area (Å²) in [4.78, 5) is 11.0. The zero-order valence-electron chi connectivity index (χ0n) is 8.57. The molecular formula is C12H13ClO2. The number of carbonyl (C=O) groups is 1. The number of benzene rings is 1. The Bertz CT molecular complexity index is 358. The lowest BCUT2D eigenvalue weighted by molar-refractivity contribution is -0.139. The quantitative estimate of drug-likeness (QED) is 0.581. The van der Waals surface area contributed by atoms with Gasteiger partial charge in [-0.1, -0.05) is 36.4 Å². The van der Waals surface area contributed by atoms with Crippen molar-refractivity contribution >= 4 is 23.6 Å². The lowest BCUT2D eigenvalue weighted by Crippen LogP contribution is -2.04. The zero-order valence-corrected chi connectivity index (χ0v) is 9.33. The van der Waals surface area contributed by atoms with E-state index < -0.39 is 0 Å². The number of esters is 1. The summed E-state index contributed by atoms with van der Waals surface area (Å²) in [5.74, 6) is 0.259. The molecule has 0 saturated heterocycles. The summed E-state index contributed by atoms with van der Waals surface area (Å²) in [6.45, 7) is 0. The van der Waals surface area contributed by atoms with E-state index in [1.54, 1.807) is 0 Å². The van der Waals surface area contributed by atoms with Crippen molar-refractivity contribution in [3.8, 4) is 0 Å². The number of halogens is 1. The number of hydrogen-bond acceptors (Lipinski definition) is 2. The Hall–Kier alpha value is -1.28. The summed E-state index contributed by atoms with van der Waals surface area (Å²) in [7, 11) is 1.39. The second-order valence-corrected chi connectivity index (χ2v) is 3.36. The normalized spacial score (nSPS) is 10.5. The van der Waals surface area contributed by atoms with Crippen LogP contribution in [-0.2, 0) is 16.0 Å². The van der Waals surface area contributed by atoms with Crippen LogP contribution in [0.1, 0.15) is 11.1 Å². The minimum Gasteiger partial charge on any atom is -0.469 e. The Balaban J connectivity index is 2.74. The maximum atomic E-state index is 11.0. The van der Waals surface area contributed by atoms with E-state index in [0.717, 1.165) is 11.1 Å². The number of carbonyl (C=O) groups excluding carboxylic acids is 1. The molecule has 0 aromatic heterocycles. The minimum absolute atomic E-state index is 0.228. The molecule has 1 rings (SSSR count). The monoisotopic (exact) mass is 224 g/mol. The molecular weight excluding hydrogens is 212 g/mol. The largest absolute Gasteiger partial charge is 0.469 e. The Labute approximate surface area is 94.5 Å². The van der Waals surface area contributed by atoms with Gasteiger partial charge in [0.25, 0.3) is 0 Å². The van der Waals surface area contributed by atoms with Crippen molar-refractivity contribution in [2.24, 2.45) is 0 Å². The van der Waals surface area contributed by atoms with Crippen LogP contribution in [0.3, 0.4) is 0 Å². The fourth-order valence-electron chi connectivity index (χ4n) is 1.23. The van der Waals surface area contributed by atoms with Crippen LogP contribution in [0.2, 0.25) is 0 Å². The van der Waals surface area contributed by atoms with Crippen molar-refractivity contribution in [2.45, 2.75) is 6.42 Å². The van der Waals surface area contributed by atoms with Crippen LogP contribution in [0.4, 0.5) is 0 Å². The molecule has 0 N–H and O–H groups in total. The molecule has 0 heterocycles. The van der Waals surface area contributed by atoms with Gasteiger partial charge in [0.2, 0.25) is 0 Å². The molecule has 0 spiro atoms. The molecule has 2 nitrogen and oxygen atoms in total. The van der Waals surface area contributed by atoms with Crippen molar-refractivity contribution < 1.29 is 9.53 Å². The number of methoxy groups -OCH3 is 1. The lowest BCUT2D eigenvalue weighted by atomic mass is 10.1. The van der Waals surface area contributed by atoms with E-state index in [4.69, 9.17) is 11.6 Å². The van der Waals surface area contributed by atoms with Crippen LogP contribution in [-0.4, -0.2) is 19.0 Å². The third-order valence-corrected chi connectivity index (χ3v) is 2.10. The first-order valence-electron chi connectivity index (χ1n) is 4.64. The fourth-order valence-corrected chi connectivity index (χ4v) is 1.32. The molecule has 0 aliphatic carbocycles. The van der Waals surface area contributed by atoms with E-state index >= 15 is 0 Å². The van der Waals surface area contributed by atoms with E-state index in [0.29, 0.717) is 12.3 Å². The highest BCUT2D eigenvalue weighted by atomic mass is 35.5. The maximum absolute atomic E-state index is 11.0. The standard InChI is InChI=1S/C12H13ClO2/c1-15-12(14)9-11-5-2-4-10(8-11)6-3-7-13/h2-6,8H,7,9H2,1H3. The molecule has 0 unspecified atom stereocenters. The molecule has 3 heteroatoms. The number of alkyl halides is 1. The summed E-state index contributed by atoms with van der Waals surface area (Å²) in [6, 6.07) is 7.71. The molecule has 0 atom stereocenters. The van der Waals surface area contributed by atoms with Crippen molar-refractivity contribution in [3.05, 3.63) is 41.5 Å². The third-order valence-electron chi connectivity index (χ3n) is 1.93. The van der Waals surface area contributed by atoms with Crippen molar-refractivity contribution in [2.75, 3.05) is 13.0 Å². The Morgan fingerprint density at radius 2 is 2.33 bits per heavy atom. The zero-order chi connectivity index (χ0) is 11.1. The van der Waals surface area contributed by atoms with Gasteiger partial charge >= 0.3 is 5.97 Å². The van der Waals surface area contributed by atoms with Crippen LogP contribution in [0.15, 0.2) is 30.3 Å². The average molecular weight is 225 g/mol. The van der Waals surface area contributed by atoms with E-state index in [2.05, 4.69) is 4.74 Å². The Morgan fingerprint density at radius 3 is 3.00 bits per heavy atom. The molecule has 0 aliphatic heterocycles. The van der Waals surface area contributed by atoms with Crippen LogP contribution in [0, 0.1) is 0 Å². The van der Waals surface area contributed by atoms with Crippen LogP contribution < -0.4 is 0 Å². The van der Waals surface area contributed by atoms with Gasteiger partial charge in [-0.15, -0.1) is 11.6 Å². The lowest BCUT2D eigenvalue weighted by Gasteiger charge is -2.01. The SMILES string of the molecule is COC(=O)Cc1cccc(C=CCCl)c1. The van der Waals surface area contributed by atoms with Gasteiger partial charge in [-0.05, 0) is 11.1 Å². The third kappa shape index (κ3) is 4.17. The van der Waals surface area contributed by atoms with Crippen molar-refractivity contribution in [1.29, 1.82) is 0 Å². The number of allylic oxidation sites excluding steroid dienone is 1. The molecule has 15 heavy (non-hydrogen) atoms. The second-order valence-electron chi connectivity index (χ2n) is 3.05. The molecule has 0 aliphatic rings. The van der Waals surface area contributed by atoms with Gasteiger partial charge in [0.1, 0.15) is 0 Å². The van der Waals surface area contributed by atoms with Crippen LogP contribution in [0.5, 0.6) is 0 Å². The molecule has 1 aromatic rings. The van der Waals surface area contributed by atoms with Gasteiger partial charge in [0.15, 0.2) is 0 Å². The topological polar surface area (TPSA) is 26.3 Å². The smallest absolute Gasteiger partial charge is 0.309 e. The highest BCUT2D eigenvalue weighted by molar-refractivity contribution is 6.19. The molecule has 0 fully saturated rings. The molecule has 0 amide bonds. The summed E-state index contributed by atoms with van der Waals surface area (Å²) < 4.78 is 4.60. The van der Waals surface area contributed by atoms with Gasteiger partial charge in [0, 0.05) is 5.88 Å². The second kappa shape index (κ2) is 6.25. The first kappa shape index (κ1) is 11.8. The molecule has 0 radical (unpaired) electrons. The van der Waals surface area contributed by atoms with Crippen molar-refractivity contribution in [1.82, 2.24) is 0 Å². The predicted octanol–water partition coefficient (Wildman–Crippen LogP) is 2.65. The van der Waals surface area contributed by atoms with E-state index in [-0.39, 0.29) is 5.97 Å². The Morgan fingerprint density at radius 1 is 1.53 bits per heavy atom. The molecule has 0 saturated carbocycles. The van der Waals surface area contributed by atoms with Gasteiger partial charge in [-0.25, -0.2) is 0 Å². The summed E-state index contributed by atoms with van der Waals surface area (Å²) in [5.41, 5.74) is 1.98. The average Bonchev–Trinajstić information content (AvgIpc) is 2.26. The first-order chi connectivity index (χ1) is 7.26. The molecule has 80 valence electrons. The number of hydrogen-bond donors (Lipinski definition) is 0. The number of rotatable bonds is 4. The Kier molecular flexibility index (Phi) is 4.91. The van der Waals surface area contributed by atoms with E-state index in [1.807, 2.05) is 36.4 Å². The highest BCUT2D eigenvalue weighted by Gasteiger charge is 2.02. The predicted molar refractivity (Wildman–Crippen MR) is 61.9 cm³/mol. The van der Waals surface area contributed by atoms with Crippen LogP contribution in [0.25, 0.3) is 6.08 Å². The summed E-state index contributed by atoms with van der Waals surface area (Å²) >= 11 is 5.54. The summed E-state index contributed by atoms with van der Waals surface area (Å²) in [6.07, 6.45) is 4.09. The maximum Gasteiger partial charge on any atom is 0.309 e. The van der Waals surface area contributed by atoms with Crippen LogP contribution >= 0.6 is 11.6 Å². The first-order valence-corrected chi connectivity index (χ1v) is 5.18.